The second-order valence-corrected chi connectivity index (χ2v) is 4.75. The zero-order chi connectivity index (χ0) is 11.8. The van der Waals surface area contributed by atoms with Gasteiger partial charge in [0.05, 0.1) is 13.2 Å². The number of rotatable bonds is 7. The molecular weight excluding hydrogens is 268 g/mol. The Kier molecular flexibility index (Phi) is 6.45. The van der Waals surface area contributed by atoms with Crippen molar-refractivity contribution in [2.24, 2.45) is 0 Å². The van der Waals surface area contributed by atoms with Crippen molar-refractivity contribution in [3.63, 3.8) is 0 Å². The Hall–Kier alpha value is -0.580. The summed E-state index contributed by atoms with van der Waals surface area (Å²) in [5.74, 6) is 0.986. The quantitative estimate of drug-likeness (QED) is 0.698. The molecule has 0 spiro atoms. The van der Waals surface area contributed by atoms with Crippen molar-refractivity contribution in [3.8, 4) is 5.75 Å². The van der Waals surface area contributed by atoms with E-state index in [-0.39, 0.29) is 0 Å². The molecule has 0 aliphatic heterocycles. The van der Waals surface area contributed by atoms with Crippen molar-refractivity contribution in [1.29, 1.82) is 0 Å². The summed E-state index contributed by atoms with van der Waals surface area (Å²) in [7, 11) is 0. The van der Waals surface area contributed by atoms with Crippen LogP contribution in [0.1, 0.15) is 12.0 Å². The van der Waals surface area contributed by atoms with Gasteiger partial charge in [0.2, 0.25) is 0 Å². The van der Waals surface area contributed by atoms with Crippen LogP contribution in [0.2, 0.25) is 0 Å². The van der Waals surface area contributed by atoms with E-state index in [9.17, 15) is 0 Å². The van der Waals surface area contributed by atoms with Crippen LogP contribution in [0.5, 0.6) is 5.75 Å². The highest BCUT2D eigenvalue weighted by Gasteiger charge is 2.00. The summed E-state index contributed by atoms with van der Waals surface area (Å²) in [4.78, 5) is 0. The number of ether oxygens (including phenoxy) is 1. The van der Waals surface area contributed by atoms with Gasteiger partial charge in [-0.25, -0.2) is 0 Å². The van der Waals surface area contributed by atoms with Crippen LogP contribution in [-0.4, -0.2) is 26.2 Å². The van der Waals surface area contributed by atoms with Crippen molar-refractivity contribution < 1.29 is 15.8 Å². The number of halogens is 1. The number of hydrogen-bond acceptors (Lipinski definition) is 1. The second-order valence-electron chi connectivity index (χ2n) is 3.83. The van der Waals surface area contributed by atoms with E-state index in [1.54, 1.807) is 0 Å². The first-order valence-corrected chi connectivity index (χ1v) is 6.53. The fraction of sp³-hybridized carbons (Fsp3) is 0.500. The maximum absolute atomic E-state index is 5.72. The molecular formula is C12H21BrN2O+2. The molecule has 16 heavy (non-hydrogen) atoms. The van der Waals surface area contributed by atoms with Crippen LogP contribution in [-0.2, 0) is 0 Å². The van der Waals surface area contributed by atoms with Crippen LogP contribution < -0.4 is 15.8 Å². The Morgan fingerprint density at radius 1 is 1.38 bits per heavy atom. The smallest absolute Gasteiger partial charge is 0.125 e. The molecule has 90 valence electrons. The molecule has 4 heteroatoms. The highest BCUT2D eigenvalue weighted by atomic mass is 79.9. The SMILES string of the molecule is Cc1cc(Br)ccc1OCCC[NH2+]CC[NH3+]. The average Bonchev–Trinajstić information content (AvgIpc) is 2.26. The maximum Gasteiger partial charge on any atom is 0.125 e. The first-order chi connectivity index (χ1) is 7.74. The molecule has 0 bridgehead atoms. The van der Waals surface area contributed by atoms with E-state index in [1.807, 2.05) is 12.1 Å². The molecule has 0 aliphatic rings. The molecule has 1 rings (SSSR count). The molecule has 1 aromatic rings. The number of quaternary nitrogens is 2. The van der Waals surface area contributed by atoms with E-state index < -0.39 is 0 Å². The van der Waals surface area contributed by atoms with Gasteiger partial charge in [0, 0.05) is 10.9 Å². The lowest BCUT2D eigenvalue weighted by molar-refractivity contribution is -0.670. The minimum Gasteiger partial charge on any atom is -0.493 e. The molecule has 3 nitrogen and oxygen atoms in total. The standard InChI is InChI=1S/C12H19BrN2O/c1-10-9-11(13)3-4-12(10)16-8-2-6-15-7-5-14/h3-4,9,15H,2,5-8,14H2,1H3/p+2. The number of nitrogens with two attached hydrogens (primary N) is 1. The third-order valence-corrected chi connectivity index (χ3v) is 2.85. The second kappa shape index (κ2) is 7.65. The minimum absolute atomic E-state index is 0.788. The van der Waals surface area contributed by atoms with Gasteiger partial charge >= 0.3 is 0 Å². The van der Waals surface area contributed by atoms with Gasteiger partial charge in [0.25, 0.3) is 0 Å². The van der Waals surface area contributed by atoms with Gasteiger partial charge < -0.3 is 15.8 Å². The lowest BCUT2D eigenvalue weighted by Gasteiger charge is -2.08. The van der Waals surface area contributed by atoms with E-state index in [1.165, 1.54) is 5.56 Å². The predicted molar refractivity (Wildman–Crippen MR) is 68.4 cm³/mol. The normalized spacial score (nSPS) is 10.4. The number of benzene rings is 1. The van der Waals surface area contributed by atoms with Crippen LogP contribution >= 0.6 is 15.9 Å². The lowest BCUT2D eigenvalue weighted by atomic mass is 10.2. The zero-order valence-electron chi connectivity index (χ0n) is 9.84. The first kappa shape index (κ1) is 13.5. The Balaban J connectivity index is 2.21. The van der Waals surface area contributed by atoms with Crippen molar-refractivity contribution in [3.05, 3.63) is 28.2 Å². The van der Waals surface area contributed by atoms with Crippen LogP contribution in [0.4, 0.5) is 0 Å². The highest BCUT2D eigenvalue weighted by molar-refractivity contribution is 9.10. The van der Waals surface area contributed by atoms with Crippen LogP contribution in [0, 0.1) is 6.92 Å². The molecule has 0 atom stereocenters. The fourth-order valence-electron chi connectivity index (χ4n) is 1.47. The third-order valence-electron chi connectivity index (χ3n) is 2.36. The molecule has 0 aliphatic carbocycles. The van der Waals surface area contributed by atoms with Gasteiger partial charge in [-0.2, -0.15) is 0 Å². The van der Waals surface area contributed by atoms with E-state index in [2.05, 4.69) is 40.0 Å². The van der Waals surface area contributed by atoms with Gasteiger partial charge in [-0.3, -0.25) is 0 Å². The van der Waals surface area contributed by atoms with Crippen molar-refractivity contribution in [1.82, 2.24) is 0 Å². The summed E-state index contributed by atoms with van der Waals surface area (Å²) in [6.07, 6.45) is 1.08. The third kappa shape index (κ3) is 4.96. The molecule has 0 heterocycles. The Bertz CT molecular complexity index is 318. The van der Waals surface area contributed by atoms with Crippen molar-refractivity contribution >= 4 is 15.9 Å². The summed E-state index contributed by atoms with van der Waals surface area (Å²) < 4.78 is 6.81. The fourth-order valence-corrected chi connectivity index (χ4v) is 1.95. The van der Waals surface area contributed by atoms with Gasteiger partial charge in [-0.15, -0.1) is 0 Å². The Morgan fingerprint density at radius 2 is 2.19 bits per heavy atom. The molecule has 0 amide bonds. The molecule has 0 saturated carbocycles. The maximum atomic E-state index is 5.72. The van der Waals surface area contributed by atoms with E-state index in [4.69, 9.17) is 4.74 Å². The van der Waals surface area contributed by atoms with E-state index >= 15 is 0 Å². The average molecular weight is 289 g/mol. The van der Waals surface area contributed by atoms with Crippen LogP contribution in [0.25, 0.3) is 0 Å². The number of hydrogen-bond donors (Lipinski definition) is 2. The molecule has 0 radical (unpaired) electrons. The van der Waals surface area contributed by atoms with Gasteiger partial charge in [-0.1, -0.05) is 15.9 Å². The summed E-state index contributed by atoms with van der Waals surface area (Å²) in [5.41, 5.74) is 4.98. The van der Waals surface area contributed by atoms with Crippen molar-refractivity contribution in [2.45, 2.75) is 13.3 Å². The summed E-state index contributed by atoms with van der Waals surface area (Å²) in [5, 5.41) is 2.28. The molecule has 0 fully saturated rings. The predicted octanol–water partition coefficient (Wildman–Crippen LogP) is 0.332. The van der Waals surface area contributed by atoms with E-state index in [0.29, 0.717) is 0 Å². The van der Waals surface area contributed by atoms with Crippen LogP contribution in [0.3, 0.4) is 0 Å². The van der Waals surface area contributed by atoms with Gasteiger partial charge in [0.15, 0.2) is 0 Å². The monoisotopic (exact) mass is 288 g/mol. The Labute approximate surface area is 105 Å². The minimum atomic E-state index is 0.788. The van der Waals surface area contributed by atoms with Gasteiger partial charge in [-0.05, 0) is 30.7 Å². The zero-order valence-corrected chi connectivity index (χ0v) is 11.4. The molecule has 0 saturated heterocycles. The molecule has 0 unspecified atom stereocenters. The largest absolute Gasteiger partial charge is 0.493 e. The number of aryl methyl sites for hydroxylation is 1. The summed E-state index contributed by atoms with van der Waals surface area (Å²) in [6, 6.07) is 6.10. The van der Waals surface area contributed by atoms with Gasteiger partial charge in [0.1, 0.15) is 18.8 Å². The first-order valence-electron chi connectivity index (χ1n) is 5.74. The highest BCUT2D eigenvalue weighted by Crippen LogP contribution is 2.21. The Morgan fingerprint density at radius 3 is 2.88 bits per heavy atom. The summed E-state index contributed by atoms with van der Waals surface area (Å²) in [6.45, 7) is 6.07. The van der Waals surface area contributed by atoms with Crippen molar-refractivity contribution in [2.75, 3.05) is 26.2 Å². The molecule has 0 aromatic heterocycles. The topological polar surface area (TPSA) is 53.5 Å². The van der Waals surface area contributed by atoms with Crippen LogP contribution in [0.15, 0.2) is 22.7 Å². The molecule has 5 N–H and O–H groups in total. The summed E-state index contributed by atoms with van der Waals surface area (Å²) >= 11 is 3.44. The lowest BCUT2D eigenvalue weighted by Crippen LogP contribution is -2.88. The molecule has 1 aromatic carbocycles. The van der Waals surface area contributed by atoms with E-state index in [0.717, 1.165) is 42.9 Å².